The summed E-state index contributed by atoms with van der Waals surface area (Å²) in [6, 6.07) is 7.32. The maximum atomic E-state index is 11.4. The first-order chi connectivity index (χ1) is 8.11. The molecule has 1 N–H and O–H groups in total. The summed E-state index contributed by atoms with van der Waals surface area (Å²) in [5.41, 5.74) is 0.766. The van der Waals surface area contributed by atoms with Gasteiger partial charge in [-0.3, -0.25) is 4.79 Å². The quantitative estimate of drug-likeness (QED) is 0.826. The van der Waals surface area contributed by atoms with Gasteiger partial charge < -0.3 is 14.8 Å². The molecular weight excluding hydrogens is 218 g/mol. The van der Waals surface area contributed by atoms with E-state index >= 15 is 0 Å². The molecule has 17 heavy (non-hydrogen) atoms. The van der Waals surface area contributed by atoms with Crippen LogP contribution >= 0.6 is 0 Å². The summed E-state index contributed by atoms with van der Waals surface area (Å²) in [7, 11) is 1.57. The van der Waals surface area contributed by atoms with E-state index in [1.54, 1.807) is 7.11 Å². The molecule has 0 aliphatic heterocycles. The van der Waals surface area contributed by atoms with Crippen molar-refractivity contribution in [1.82, 2.24) is 0 Å². The average molecular weight is 237 g/mol. The minimum atomic E-state index is -0.0515. The minimum Gasteiger partial charge on any atom is -0.491 e. The lowest BCUT2D eigenvalue weighted by molar-refractivity contribution is -0.117. The SMILES string of the molecule is COCCC(=O)Nc1ccc(OC(C)C)cc1. The number of carbonyl (C=O) groups excluding carboxylic acids is 1. The Morgan fingerprint density at radius 1 is 1.29 bits per heavy atom. The first-order valence-electron chi connectivity index (χ1n) is 5.67. The van der Waals surface area contributed by atoms with Crippen LogP contribution in [0.1, 0.15) is 20.3 Å². The van der Waals surface area contributed by atoms with Crippen molar-refractivity contribution in [1.29, 1.82) is 0 Å². The predicted octanol–water partition coefficient (Wildman–Crippen LogP) is 2.45. The van der Waals surface area contributed by atoms with Gasteiger partial charge in [-0.1, -0.05) is 0 Å². The van der Waals surface area contributed by atoms with Crippen molar-refractivity contribution in [2.24, 2.45) is 0 Å². The molecule has 0 atom stereocenters. The van der Waals surface area contributed by atoms with Crippen LogP contribution in [0.4, 0.5) is 5.69 Å². The molecule has 0 bridgehead atoms. The van der Waals surface area contributed by atoms with Crippen LogP contribution in [0, 0.1) is 0 Å². The molecule has 1 aromatic rings. The molecule has 0 radical (unpaired) electrons. The summed E-state index contributed by atoms with van der Waals surface area (Å²) in [6.45, 7) is 4.38. The largest absolute Gasteiger partial charge is 0.491 e. The van der Waals surface area contributed by atoms with Crippen molar-refractivity contribution in [3.05, 3.63) is 24.3 Å². The number of methoxy groups -OCH3 is 1. The fourth-order valence-electron chi connectivity index (χ4n) is 1.31. The lowest BCUT2D eigenvalue weighted by Crippen LogP contribution is -2.13. The Kier molecular flexibility index (Phi) is 5.49. The number of rotatable bonds is 6. The fourth-order valence-corrected chi connectivity index (χ4v) is 1.31. The van der Waals surface area contributed by atoms with E-state index in [1.165, 1.54) is 0 Å². The first kappa shape index (κ1) is 13.5. The van der Waals surface area contributed by atoms with Crippen molar-refractivity contribution >= 4 is 11.6 Å². The number of carbonyl (C=O) groups is 1. The Morgan fingerprint density at radius 2 is 1.94 bits per heavy atom. The first-order valence-corrected chi connectivity index (χ1v) is 5.67. The number of anilines is 1. The van der Waals surface area contributed by atoms with E-state index in [2.05, 4.69) is 5.32 Å². The van der Waals surface area contributed by atoms with Gasteiger partial charge in [-0.05, 0) is 38.1 Å². The lowest BCUT2D eigenvalue weighted by atomic mass is 10.3. The summed E-state index contributed by atoms with van der Waals surface area (Å²) in [5.74, 6) is 0.749. The molecule has 0 saturated carbocycles. The Morgan fingerprint density at radius 3 is 2.47 bits per heavy atom. The number of ether oxygens (including phenoxy) is 2. The van der Waals surface area contributed by atoms with Gasteiger partial charge in [0.1, 0.15) is 5.75 Å². The Bertz CT molecular complexity index is 346. The third-order valence-electron chi connectivity index (χ3n) is 2.04. The van der Waals surface area contributed by atoms with E-state index in [1.807, 2.05) is 38.1 Å². The van der Waals surface area contributed by atoms with Crippen LogP contribution in [0.3, 0.4) is 0 Å². The van der Waals surface area contributed by atoms with Gasteiger partial charge in [0.2, 0.25) is 5.91 Å². The molecule has 4 heteroatoms. The number of hydrogen-bond donors (Lipinski definition) is 1. The monoisotopic (exact) mass is 237 g/mol. The highest BCUT2D eigenvalue weighted by atomic mass is 16.5. The van der Waals surface area contributed by atoms with Crippen molar-refractivity contribution in [3.63, 3.8) is 0 Å². The number of nitrogens with one attached hydrogen (secondary N) is 1. The van der Waals surface area contributed by atoms with Crippen molar-refractivity contribution in [2.75, 3.05) is 19.0 Å². The van der Waals surface area contributed by atoms with Crippen LogP contribution < -0.4 is 10.1 Å². The molecule has 1 amide bonds. The van der Waals surface area contributed by atoms with Crippen LogP contribution in [0.2, 0.25) is 0 Å². The summed E-state index contributed by atoms with van der Waals surface area (Å²) < 4.78 is 10.3. The Labute approximate surface area is 102 Å². The Balaban J connectivity index is 2.47. The molecule has 0 aromatic heterocycles. The standard InChI is InChI=1S/C13H19NO3/c1-10(2)17-12-6-4-11(5-7-12)14-13(15)8-9-16-3/h4-7,10H,8-9H2,1-3H3,(H,14,15). The highest BCUT2D eigenvalue weighted by Crippen LogP contribution is 2.16. The minimum absolute atomic E-state index is 0.0515. The molecule has 0 saturated heterocycles. The van der Waals surface area contributed by atoms with E-state index in [-0.39, 0.29) is 12.0 Å². The molecule has 4 nitrogen and oxygen atoms in total. The van der Waals surface area contributed by atoms with Gasteiger partial charge in [0.25, 0.3) is 0 Å². The van der Waals surface area contributed by atoms with Crippen LogP contribution in [0.25, 0.3) is 0 Å². The second-order valence-electron chi connectivity index (χ2n) is 3.98. The second-order valence-corrected chi connectivity index (χ2v) is 3.98. The zero-order valence-electron chi connectivity index (χ0n) is 10.5. The van der Waals surface area contributed by atoms with Crippen molar-refractivity contribution in [2.45, 2.75) is 26.4 Å². The molecular formula is C13H19NO3. The molecule has 0 aliphatic carbocycles. The van der Waals surface area contributed by atoms with Crippen molar-refractivity contribution in [3.8, 4) is 5.75 Å². The van der Waals surface area contributed by atoms with Gasteiger partial charge >= 0.3 is 0 Å². The van der Waals surface area contributed by atoms with Gasteiger partial charge in [0.15, 0.2) is 0 Å². The molecule has 0 spiro atoms. The van der Waals surface area contributed by atoms with Crippen molar-refractivity contribution < 1.29 is 14.3 Å². The second kappa shape index (κ2) is 6.91. The van der Waals surface area contributed by atoms with Gasteiger partial charge in [-0.25, -0.2) is 0 Å². The average Bonchev–Trinajstić information content (AvgIpc) is 2.28. The molecule has 94 valence electrons. The van der Waals surface area contributed by atoms with E-state index in [0.717, 1.165) is 11.4 Å². The maximum absolute atomic E-state index is 11.4. The molecule has 0 unspecified atom stereocenters. The normalized spacial score (nSPS) is 10.4. The van der Waals surface area contributed by atoms with E-state index in [4.69, 9.17) is 9.47 Å². The summed E-state index contributed by atoms with van der Waals surface area (Å²) in [5, 5.41) is 2.78. The lowest BCUT2D eigenvalue weighted by Gasteiger charge is -2.10. The van der Waals surface area contributed by atoms with Crippen LogP contribution in [0.5, 0.6) is 5.75 Å². The predicted molar refractivity (Wildman–Crippen MR) is 67.3 cm³/mol. The zero-order valence-corrected chi connectivity index (χ0v) is 10.5. The van der Waals surface area contributed by atoms with E-state index in [9.17, 15) is 4.79 Å². The summed E-state index contributed by atoms with van der Waals surface area (Å²) >= 11 is 0. The van der Waals surface area contributed by atoms with E-state index in [0.29, 0.717) is 13.0 Å². The summed E-state index contributed by atoms with van der Waals surface area (Å²) in [4.78, 5) is 11.4. The van der Waals surface area contributed by atoms with Gasteiger partial charge in [0.05, 0.1) is 19.1 Å². The molecule has 0 aliphatic rings. The van der Waals surface area contributed by atoms with Gasteiger partial charge in [0, 0.05) is 12.8 Å². The number of hydrogen-bond acceptors (Lipinski definition) is 3. The molecule has 1 rings (SSSR count). The molecule has 0 heterocycles. The van der Waals surface area contributed by atoms with Crippen LogP contribution in [-0.4, -0.2) is 25.7 Å². The van der Waals surface area contributed by atoms with Gasteiger partial charge in [-0.2, -0.15) is 0 Å². The third-order valence-corrected chi connectivity index (χ3v) is 2.04. The van der Waals surface area contributed by atoms with Crippen LogP contribution in [-0.2, 0) is 9.53 Å². The summed E-state index contributed by atoms with van der Waals surface area (Å²) in [6.07, 6.45) is 0.512. The molecule has 1 aromatic carbocycles. The fraction of sp³-hybridized carbons (Fsp3) is 0.462. The van der Waals surface area contributed by atoms with Gasteiger partial charge in [-0.15, -0.1) is 0 Å². The zero-order chi connectivity index (χ0) is 12.7. The number of amides is 1. The third kappa shape index (κ3) is 5.36. The highest BCUT2D eigenvalue weighted by molar-refractivity contribution is 5.90. The maximum Gasteiger partial charge on any atom is 0.226 e. The number of benzene rings is 1. The molecule has 0 fully saturated rings. The van der Waals surface area contributed by atoms with Crippen LogP contribution in [0.15, 0.2) is 24.3 Å². The topological polar surface area (TPSA) is 47.6 Å². The highest BCUT2D eigenvalue weighted by Gasteiger charge is 2.02. The van der Waals surface area contributed by atoms with E-state index < -0.39 is 0 Å². The Hall–Kier alpha value is -1.55. The smallest absolute Gasteiger partial charge is 0.226 e.